The van der Waals surface area contributed by atoms with Gasteiger partial charge in [0.15, 0.2) is 0 Å². The molecule has 0 bridgehead atoms. The summed E-state index contributed by atoms with van der Waals surface area (Å²) in [4.78, 5) is 9.71. The standard InChI is InChI=1S/C37H28N2O2/c1-37(2)30-17-7-6-16-27(30)28-21-22-29(36(35(28)37)41-26-14-4-3-5-15-26)31-18-10-13-25(39-31)23-38-32-19-8-11-24-12-9-20-33(40)34(24)32/h3-23,40H,1-2H3/b38-23+. The number of aromatic hydroxyl groups is 1. The third-order valence-electron chi connectivity index (χ3n) is 7.88. The van der Waals surface area contributed by atoms with Crippen molar-refractivity contribution in [1.29, 1.82) is 0 Å². The van der Waals surface area contributed by atoms with Crippen molar-refractivity contribution < 1.29 is 9.84 Å². The minimum atomic E-state index is -0.249. The van der Waals surface area contributed by atoms with Gasteiger partial charge in [-0.1, -0.05) is 92.7 Å². The first-order valence-corrected chi connectivity index (χ1v) is 13.7. The minimum Gasteiger partial charge on any atom is -0.507 e. The zero-order chi connectivity index (χ0) is 28.0. The maximum Gasteiger partial charge on any atom is 0.141 e. The van der Waals surface area contributed by atoms with Crippen LogP contribution in [-0.4, -0.2) is 16.3 Å². The van der Waals surface area contributed by atoms with Crippen molar-refractivity contribution in [3.8, 4) is 39.6 Å². The Balaban J connectivity index is 1.35. The van der Waals surface area contributed by atoms with Gasteiger partial charge in [-0.2, -0.15) is 0 Å². The molecule has 0 unspecified atom stereocenters. The summed E-state index contributed by atoms with van der Waals surface area (Å²) in [5.74, 6) is 1.80. The Hall–Kier alpha value is -5.22. The Morgan fingerprint density at radius 1 is 0.707 bits per heavy atom. The summed E-state index contributed by atoms with van der Waals surface area (Å²) >= 11 is 0. The van der Waals surface area contributed by atoms with Crippen LogP contribution in [0.2, 0.25) is 0 Å². The number of aromatic nitrogens is 1. The van der Waals surface area contributed by atoms with Crippen LogP contribution in [-0.2, 0) is 5.41 Å². The number of pyridine rings is 1. The van der Waals surface area contributed by atoms with Gasteiger partial charge in [0.2, 0.25) is 0 Å². The highest BCUT2D eigenvalue weighted by molar-refractivity contribution is 5.99. The number of ether oxygens (including phenoxy) is 1. The average molecular weight is 533 g/mol. The Kier molecular flexibility index (Phi) is 5.90. The Morgan fingerprint density at radius 3 is 2.29 bits per heavy atom. The molecule has 5 aromatic carbocycles. The molecule has 0 fully saturated rings. The Bertz CT molecular complexity index is 1950. The number of phenols is 1. The molecule has 1 aromatic heterocycles. The highest BCUT2D eigenvalue weighted by Crippen LogP contribution is 2.55. The fourth-order valence-electron chi connectivity index (χ4n) is 5.96. The summed E-state index contributed by atoms with van der Waals surface area (Å²) in [6.07, 6.45) is 1.75. The summed E-state index contributed by atoms with van der Waals surface area (Å²) in [6.45, 7) is 4.52. The van der Waals surface area contributed by atoms with Gasteiger partial charge in [-0.15, -0.1) is 0 Å². The molecule has 0 saturated heterocycles. The zero-order valence-electron chi connectivity index (χ0n) is 22.9. The summed E-state index contributed by atoms with van der Waals surface area (Å²) < 4.78 is 6.70. The molecule has 6 aromatic rings. The second kappa shape index (κ2) is 9.76. The summed E-state index contributed by atoms with van der Waals surface area (Å²) in [5, 5.41) is 12.1. The molecule has 1 aliphatic rings. The Labute approximate surface area is 239 Å². The van der Waals surface area contributed by atoms with E-state index < -0.39 is 0 Å². The molecule has 0 atom stereocenters. The van der Waals surface area contributed by atoms with E-state index in [4.69, 9.17) is 14.7 Å². The van der Waals surface area contributed by atoms with E-state index in [1.165, 1.54) is 16.7 Å². The molecule has 0 radical (unpaired) electrons. The van der Waals surface area contributed by atoms with Gasteiger partial charge in [0.25, 0.3) is 0 Å². The van der Waals surface area contributed by atoms with E-state index in [2.05, 4.69) is 50.2 Å². The SMILES string of the molecule is CC1(C)c2ccccc2-c2ccc(-c3cccc(/C=N/c4cccc5cccc(O)c45)n3)c(Oc3ccccc3)c21. The lowest BCUT2D eigenvalue weighted by molar-refractivity contribution is 0.466. The van der Waals surface area contributed by atoms with Crippen LogP contribution in [0.5, 0.6) is 17.2 Å². The summed E-state index contributed by atoms with van der Waals surface area (Å²) in [7, 11) is 0. The van der Waals surface area contributed by atoms with E-state index in [0.717, 1.165) is 39.1 Å². The Morgan fingerprint density at radius 2 is 1.44 bits per heavy atom. The number of hydrogen-bond acceptors (Lipinski definition) is 4. The van der Waals surface area contributed by atoms with Gasteiger partial charge in [0.05, 0.1) is 23.3 Å². The number of para-hydroxylation sites is 1. The average Bonchev–Trinajstić information content (AvgIpc) is 3.24. The molecule has 4 nitrogen and oxygen atoms in total. The molecule has 0 amide bonds. The van der Waals surface area contributed by atoms with Crippen LogP contribution in [0.15, 0.2) is 126 Å². The molecule has 0 aliphatic heterocycles. The minimum absolute atomic E-state index is 0.210. The third kappa shape index (κ3) is 4.25. The number of hydrogen-bond donors (Lipinski definition) is 1. The number of fused-ring (bicyclic) bond motifs is 4. The topological polar surface area (TPSA) is 54.7 Å². The van der Waals surface area contributed by atoms with Crippen LogP contribution in [0.3, 0.4) is 0 Å². The quantitative estimate of drug-likeness (QED) is 0.225. The van der Waals surface area contributed by atoms with Gasteiger partial charge in [-0.3, -0.25) is 4.99 Å². The molecular weight excluding hydrogens is 504 g/mol. The monoisotopic (exact) mass is 532 g/mol. The first-order valence-electron chi connectivity index (χ1n) is 13.7. The van der Waals surface area contributed by atoms with E-state index in [9.17, 15) is 5.11 Å². The van der Waals surface area contributed by atoms with Gasteiger partial charge in [0.1, 0.15) is 17.2 Å². The maximum atomic E-state index is 10.5. The molecule has 1 aliphatic carbocycles. The molecule has 4 heteroatoms. The van der Waals surface area contributed by atoms with Crippen molar-refractivity contribution in [1.82, 2.24) is 4.98 Å². The predicted molar refractivity (Wildman–Crippen MR) is 167 cm³/mol. The number of aliphatic imine (C=N–C) groups is 1. The largest absolute Gasteiger partial charge is 0.507 e. The van der Waals surface area contributed by atoms with Crippen molar-refractivity contribution in [2.75, 3.05) is 0 Å². The first-order chi connectivity index (χ1) is 20.0. The van der Waals surface area contributed by atoms with Crippen LogP contribution in [0.1, 0.15) is 30.7 Å². The first kappa shape index (κ1) is 24.8. The number of nitrogens with zero attached hydrogens (tertiary/aromatic N) is 2. The van der Waals surface area contributed by atoms with E-state index in [0.29, 0.717) is 11.4 Å². The van der Waals surface area contributed by atoms with Crippen molar-refractivity contribution >= 4 is 22.7 Å². The number of benzene rings is 5. The number of rotatable bonds is 5. The zero-order valence-corrected chi connectivity index (χ0v) is 22.9. The van der Waals surface area contributed by atoms with Gasteiger partial charge < -0.3 is 9.84 Å². The smallest absolute Gasteiger partial charge is 0.141 e. The van der Waals surface area contributed by atoms with Crippen molar-refractivity contribution in [3.63, 3.8) is 0 Å². The van der Waals surface area contributed by atoms with Gasteiger partial charge in [0, 0.05) is 21.9 Å². The lowest BCUT2D eigenvalue weighted by atomic mass is 9.81. The molecule has 198 valence electrons. The van der Waals surface area contributed by atoms with Gasteiger partial charge in [-0.05, 0) is 64.5 Å². The van der Waals surface area contributed by atoms with Crippen molar-refractivity contribution in [3.05, 3.63) is 138 Å². The fourth-order valence-corrected chi connectivity index (χ4v) is 5.96. The molecule has 0 saturated carbocycles. The molecule has 1 heterocycles. The van der Waals surface area contributed by atoms with E-state index >= 15 is 0 Å². The fraction of sp³-hybridized carbons (Fsp3) is 0.0811. The maximum absolute atomic E-state index is 10.5. The highest BCUT2D eigenvalue weighted by atomic mass is 16.5. The van der Waals surface area contributed by atoms with Gasteiger partial charge in [-0.25, -0.2) is 4.98 Å². The van der Waals surface area contributed by atoms with Crippen LogP contribution in [0.25, 0.3) is 33.2 Å². The second-order valence-electron chi connectivity index (χ2n) is 10.8. The molecule has 0 spiro atoms. The van der Waals surface area contributed by atoms with E-state index in [-0.39, 0.29) is 11.2 Å². The molecular formula is C37H28N2O2. The lowest BCUT2D eigenvalue weighted by Crippen LogP contribution is -2.16. The van der Waals surface area contributed by atoms with Crippen LogP contribution in [0, 0.1) is 0 Å². The van der Waals surface area contributed by atoms with Crippen LogP contribution in [0.4, 0.5) is 5.69 Å². The molecule has 7 rings (SSSR count). The van der Waals surface area contributed by atoms with Gasteiger partial charge >= 0.3 is 0 Å². The van der Waals surface area contributed by atoms with E-state index in [1.54, 1.807) is 12.3 Å². The third-order valence-corrected chi connectivity index (χ3v) is 7.88. The number of phenolic OH excluding ortho intramolecular Hbond substituents is 1. The van der Waals surface area contributed by atoms with Crippen LogP contribution < -0.4 is 4.74 Å². The van der Waals surface area contributed by atoms with E-state index in [1.807, 2.05) is 78.9 Å². The molecule has 1 N–H and O–H groups in total. The summed E-state index contributed by atoms with van der Waals surface area (Å²) in [6, 6.07) is 40.0. The van der Waals surface area contributed by atoms with Crippen molar-refractivity contribution in [2.45, 2.75) is 19.3 Å². The second-order valence-corrected chi connectivity index (χ2v) is 10.8. The highest BCUT2D eigenvalue weighted by Gasteiger charge is 2.39. The normalized spacial score (nSPS) is 13.3. The van der Waals surface area contributed by atoms with Crippen LogP contribution >= 0.6 is 0 Å². The van der Waals surface area contributed by atoms with Crippen molar-refractivity contribution in [2.24, 2.45) is 4.99 Å². The summed E-state index contributed by atoms with van der Waals surface area (Å²) in [5.41, 5.74) is 7.76. The molecule has 41 heavy (non-hydrogen) atoms. The lowest BCUT2D eigenvalue weighted by Gasteiger charge is -2.25. The predicted octanol–water partition coefficient (Wildman–Crippen LogP) is 9.46.